The van der Waals surface area contributed by atoms with E-state index in [4.69, 9.17) is 0 Å². The average molecular weight is 286 g/mol. The van der Waals surface area contributed by atoms with Crippen molar-refractivity contribution in [2.75, 3.05) is 0 Å². The van der Waals surface area contributed by atoms with E-state index >= 15 is 0 Å². The molecule has 1 N–H and O–H groups in total. The first-order valence-electron chi connectivity index (χ1n) is 8.25. The van der Waals surface area contributed by atoms with E-state index in [9.17, 15) is 4.79 Å². The second-order valence-corrected chi connectivity index (χ2v) is 6.80. The molecular formula is C18H26N2O. The molecule has 0 bridgehead atoms. The molecule has 2 fully saturated rings. The van der Waals surface area contributed by atoms with Crippen LogP contribution in [0.15, 0.2) is 24.3 Å². The van der Waals surface area contributed by atoms with Gasteiger partial charge in [-0.2, -0.15) is 0 Å². The summed E-state index contributed by atoms with van der Waals surface area (Å²) in [5.41, 5.74) is 2.48. The molecule has 1 aliphatic carbocycles. The zero-order valence-electron chi connectivity index (χ0n) is 13.3. The molecule has 1 saturated carbocycles. The molecule has 2 unspecified atom stereocenters. The van der Waals surface area contributed by atoms with Gasteiger partial charge in [0.2, 0.25) is 5.91 Å². The molecule has 3 nitrogen and oxygen atoms in total. The minimum absolute atomic E-state index is 0.00258. The normalized spacial score (nSPS) is 32.3. The molecule has 1 heterocycles. The highest BCUT2D eigenvalue weighted by Gasteiger charge is 2.45. The molecule has 21 heavy (non-hydrogen) atoms. The number of nitrogens with zero attached hydrogens (tertiary/aromatic N) is 1. The molecule has 1 aromatic rings. The Morgan fingerprint density at radius 3 is 2.48 bits per heavy atom. The van der Waals surface area contributed by atoms with Crippen molar-refractivity contribution in [3.05, 3.63) is 35.4 Å². The predicted molar refractivity (Wildman–Crippen MR) is 84.8 cm³/mol. The number of carbonyl (C=O) groups is 1. The molecular weight excluding hydrogens is 260 g/mol. The van der Waals surface area contributed by atoms with Crippen molar-refractivity contribution in [3.63, 3.8) is 0 Å². The predicted octanol–water partition coefficient (Wildman–Crippen LogP) is 3.39. The van der Waals surface area contributed by atoms with Crippen LogP contribution in [0.5, 0.6) is 0 Å². The van der Waals surface area contributed by atoms with Gasteiger partial charge in [-0.1, -0.05) is 50.1 Å². The first kappa shape index (κ1) is 14.6. The molecule has 3 rings (SSSR count). The average Bonchev–Trinajstić information content (AvgIpc) is 2.74. The summed E-state index contributed by atoms with van der Waals surface area (Å²) in [5, 5.41) is 3.57. The van der Waals surface area contributed by atoms with E-state index in [0.717, 1.165) is 31.6 Å². The molecule has 2 aliphatic rings. The highest BCUT2D eigenvalue weighted by molar-refractivity contribution is 5.85. The Labute approximate surface area is 127 Å². The monoisotopic (exact) mass is 286 g/mol. The van der Waals surface area contributed by atoms with E-state index in [1.165, 1.54) is 11.1 Å². The summed E-state index contributed by atoms with van der Waals surface area (Å²) in [6, 6.07) is 9.00. The van der Waals surface area contributed by atoms with Gasteiger partial charge in [0.15, 0.2) is 0 Å². The fourth-order valence-corrected chi connectivity index (χ4v) is 3.63. The maximum Gasteiger partial charge on any atom is 0.241 e. The minimum atomic E-state index is -0.00258. The maximum atomic E-state index is 12.8. The van der Waals surface area contributed by atoms with Gasteiger partial charge in [0, 0.05) is 6.04 Å². The summed E-state index contributed by atoms with van der Waals surface area (Å²) in [4.78, 5) is 14.9. The minimum Gasteiger partial charge on any atom is -0.319 e. The lowest BCUT2D eigenvalue weighted by Crippen LogP contribution is -2.47. The summed E-state index contributed by atoms with van der Waals surface area (Å²) >= 11 is 0. The van der Waals surface area contributed by atoms with Gasteiger partial charge in [-0.05, 0) is 37.7 Å². The summed E-state index contributed by atoms with van der Waals surface area (Å²) in [6.45, 7) is 6.51. The third-order valence-electron chi connectivity index (χ3n) is 4.90. The largest absolute Gasteiger partial charge is 0.319 e. The fraction of sp³-hybridized carbons (Fsp3) is 0.611. The zero-order valence-corrected chi connectivity index (χ0v) is 13.3. The van der Waals surface area contributed by atoms with Crippen LogP contribution in [-0.2, 0) is 4.79 Å². The number of carbonyl (C=O) groups excluding carboxylic acids is 1. The molecule has 3 heteroatoms. The molecule has 1 aliphatic heterocycles. The highest BCUT2D eigenvalue weighted by Crippen LogP contribution is 2.39. The number of hydrogen-bond donors (Lipinski definition) is 1. The SMILES string of the molecule is CCCC1NC(c2ccc(C)cc2)N(C2CC(C)C2)C1=O. The van der Waals surface area contributed by atoms with Crippen LogP contribution in [0, 0.1) is 12.8 Å². The zero-order chi connectivity index (χ0) is 15.0. The van der Waals surface area contributed by atoms with Crippen LogP contribution in [0.1, 0.15) is 56.8 Å². The molecule has 1 aromatic carbocycles. The molecule has 114 valence electrons. The Bertz CT molecular complexity index is 504. The van der Waals surface area contributed by atoms with Crippen molar-refractivity contribution in [2.45, 2.75) is 64.7 Å². The molecule has 2 atom stereocenters. The fourth-order valence-electron chi connectivity index (χ4n) is 3.63. The number of rotatable bonds is 4. The summed E-state index contributed by atoms with van der Waals surface area (Å²) in [6.07, 6.45) is 4.33. The molecule has 0 spiro atoms. The van der Waals surface area contributed by atoms with Crippen LogP contribution >= 0.6 is 0 Å². The number of amides is 1. The summed E-state index contributed by atoms with van der Waals surface area (Å²) in [5.74, 6) is 1.06. The van der Waals surface area contributed by atoms with Gasteiger partial charge in [0.25, 0.3) is 0 Å². The van der Waals surface area contributed by atoms with Crippen LogP contribution in [0.3, 0.4) is 0 Å². The van der Waals surface area contributed by atoms with E-state index < -0.39 is 0 Å². The Balaban J connectivity index is 1.84. The van der Waals surface area contributed by atoms with Crippen LogP contribution in [0.25, 0.3) is 0 Å². The van der Waals surface area contributed by atoms with Gasteiger partial charge in [-0.25, -0.2) is 0 Å². The lowest BCUT2D eigenvalue weighted by molar-refractivity contribution is -0.135. The van der Waals surface area contributed by atoms with E-state index in [0.29, 0.717) is 11.9 Å². The lowest BCUT2D eigenvalue weighted by Gasteiger charge is -2.42. The van der Waals surface area contributed by atoms with Crippen LogP contribution < -0.4 is 5.32 Å². The smallest absolute Gasteiger partial charge is 0.241 e. The number of nitrogens with one attached hydrogen (secondary N) is 1. The van der Waals surface area contributed by atoms with Crippen molar-refractivity contribution in [1.82, 2.24) is 10.2 Å². The van der Waals surface area contributed by atoms with Crippen molar-refractivity contribution in [1.29, 1.82) is 0 Å². The third-order valence-corrected chi connectivity index (χ3v) is 4.90. The van der Waals surface area contributed by atoms with Crippen LogP contribution in [0.2, 0.25) is 0 Å². The summed E-state index contributed by atoms with van der Waals surface area (Å²) < 4.78 is 0. The van der Waals surface area contributed by atoms with E-state index in [-0.39, 0.29) is 12.2 Å². The quantitative estimate of drug-likeness (QED) is 0.920. The van der Waals surface area contributed by atoms with Gasteiger partial charge in [-0.3, -0.25) is 10.1 Å². The first-order valence-corrected chi connectivity index (χ1v) is 8.25. The standard InChI is InChI=1S/C18H26N2O/c1-4-5-16-18(21)20(15-10-13(3)11-15)17(19-16)14-8-6-12(2)7-9-14/h6-9,13,15-17,19H,4-5,10-11H2,1-3H3. The molecule has 1 saturated heterocycles. The molecule has 0 aromatic heterocycles. The Morgan fingerprint density at radius 1 is 1.24 bits per heavy atom. The second kappa shape index (κ2) is 5.80. The van der Waals surface area contributed by atoms with Crippen molar-refractivity contribution < 1.29 is 4.79 Å². The first-order chi connectivity index (χ1) is 10.1. The maximum absolute atomic E-state index is 12.8. The van der Waals surface area contributed by atoms with Gasteiger partial charge in [-0.15, -0.1) is 0 Å². The van der Waals surface area contributed by atoms with E-state index in [1.807, 2.05) is 0 Å². The lowest BCUT2D eigenvalue weighted by atomic mass is 9.80. The highest BCUT2D eigenvalue weighted by atomic mass is 16.2. The Morgan fingerprint density at radius 2 is 1.90 bits per heavy atom. The second-order valence-electron chi connectivity index (χ2n) is 6.80. The number of benzene rings is 1. The van der Waals surface area contributed by atoms with E-state index in [1.54, 1.807) is 0 Å². The number of hydrogen-bond acceptors (Lipinski definition) is 2. The third kappa shape index (κ3) is 2.71. The van der Waals surface area contributed by atoms with Gasteiger partial charge in [0.1, 0.15) is 6.17 Å². The van der Waals surface area contributed by atoms with Crippen LogP contribution in [0.4, 0.5) is 0 Å². The van der Waals surface area contributed by atoms with Crippen LogP contribution in [-0.4, -0.2) is 22.9 Å². The summed E-state index contributed by atoms with van der Waals surface area (Å²) in [7, 11) is 0. The molecule has 0 radical (unpaired) electrons. The topological polar surface area (TPSA) is 32.3 Å². The van der Waals surface area contributed by atoms with Crippen molar-refractivity contribution in [3.8, 4) is 0 Å². The van der Waals surface area contributed by atoms with Gasteiger partial charge < -0.3 is 4.90 Å². The van der Waals surface area contributed by atoms with Gasteiger partial charge in [0.05, 0.1) is 6.04 Å². The van der Waals surface area contributed by atoms with E-state index in [2.05, 4.69) is 55.3 Å². The number of aryl methyl sites for hydroxylation is 1. The van der Waals surface area contributed by atoms with Gasteiger partial charge >= 0.3 is 0 Å². The Kier molecular flexibility index (Phi) is 4.03. The van der Waals surface area contributed by atoms with Crippen molar-refractivity contribution in [2.24, 2.45) is 5.92 Å². The molecule has 1 amide bonds. The Hall–Kier alpha value is -1.35. The van der Waals surface area contributed by atoms with Crippen molar-refractivity contribution >= 4 is 5.91 Å².